The highest BCUT2D eigenvalue weighted by Gasteiger charge is 2.32. The van der Waals surface area contributed by atoms with Crippen LogP contribution in [0.4, 0.5) is 0 Å². The van der Waals surface area contributed by atoms with E-state index in [1.807, 2.05) is 30.3 Å². The van der Waals surface area contributed by atoms with Gasteiger partial charge in [-0.25, -0.2) is 0 Å². The molecule has 1 aliphatic rings. The summed E-state index contributed by atoms with van der Waals surface area (Å²) < 4.78 is 0. The fourth-order valence-corrected chi connectivity index (χ4v) is 2.35. The summed E-state index contributed by atoms with van der Waals surface area (Å²) >= 11 is 0. The van der Waals surface area contributed by atoms with Gasteiger partial charge in [0.05, 0.1) is 6.04 Å². The summed E-state index contributed by atoms with van der Waals surface area (Å²) in [4.78, 5) is 11.9. The minimum atomic E-state index is -0.448. The van der Waals surface area contributed by atoms with E-state index in [1.165, 1.54) is 19.3 Å². The maximum absolute atomic E-state index is 11.9. The van der Waals surface area contributed by atoms with Gasteiger partial charge in [0.15, 0.2) is 0 Å². The number of halogens is 1. The molecule has 106 valence electrons. The van der Waals surface area contributed by atoms with Crippen molar-refractivity contribution in [2.45, 2.75) is 38.6 Å². The van der Waals surface area contributed by atoms with E-state index < -0.39 is 6.04 Å². The van der Waals surface area contributed by atoms with Gasteiger partial charge in [0.25, 0.3) is 0 Å². The molecule has 0 saturated heterocycles. The van der Waals surface area contributed by atoms with Gasteiger partial charge < -0.3 is 11.1 Å². The van der Waals surface area contributed by atoms with Crippen molar-refractivity contribution in [3.8, 4) is 0 Å². The largest absolute Gasteiger partial charge is 0.354 e. The van der Waals surface area contributed by atoms with Gasteiger partial charge in [-0.05, 0) is 30.2 Å². The summed E-state index contributed by atoms with van der Waals surface area (Å²) in [5, 5.41) is 2.98. The Bertz CT molecular complexity index is 404. The minimum Gasteiger partial charge on any atom is -0.354 e. The maximum atomic E-state index is 11.9. The van der Waals surface area contributed by atoms with Crippen molar-refractivity contribution in [3.05, 3.63) is 35.9 Å². The Morgan fingerprint density at radius 1 is 1.37 bits per heavy atom. The predicted molar refractivity (Wildman–Crippen MR) is 80.3 cm³/mol. The molecular formula is C15H23ClN2O. The zero-order chi connectivity index (χ0) is 13.0. The summed E-state index contributed by atoms with van der Waals surface area (Å²) in [5.41, 5.74) is 7.34. The molecular weight excluding hydrogens is 260 g/mol. The average molecular weight is 283 g/mol. The number of benzene rings is 1. The van der Waals surface area contributed by atoms with Gasteiger partial charge in [-0.1, -0.05) is 43.7 Å². The first-order chi connectivity index (χ1) is 8.59. The first-order valence-electron chi connectivity index (χ1n) is 6.66. The van der Waals surface area contributed by atoms with Gasteiger partial charge >= 0.3 is 0 Å². The quantitative estimate of drug-likeness (QED) is 0.871. The fraction of sp³-hybridized carbons (Fsp3) is 0.533. The number of amides is 1. The zero-order valence-corrected chi connectivity index (χ0v) is 12.2. The van der Waals surface area contributed by atoms with Crippen LogP contribution >= 0.6 is 12.4 Å². The van der Waals surface area contributed by atoms with Gasteiger partial charge in [0, 0.05) is 6.54 Å². The van der Waals surface area contributed by atoms with Gasteiger partial charge in [-0.15, -0.1) is 12.4 Å². The van der Waals surface area contributed by atoms with E-state index >= 15 is 0 Å². The molecule has 1 saturated carbocycles. The molecule has 1 aliphatic carbocycles. The lowest BCUT2D eigenvalue weighted by molar-refractivity contribution is -0.123. The van der Waals surface area contributed by atoms with Crippen molar-refractivity contribution >= 4 is 18.3 Å². The Morgan fingerprint density at radius 3 is 2.53 bits per heavy atom. The lowest BCUT2D eigenvalue weighted by Crippen LogP contribution is -2.47. The van der Waals surface area contributed by atoms with Gasteiger partial charge in [0.1, 0.15) is 0 Å². The zero-order valence-electron chi connectivity index (χ0n) is 11.4. The molecule has 3 N–H and O–H groups in total. The molecule has 1 fully saturated rings. The van der Waals surface area contributed by atoms with E-state index in [0.29, 0.717) is 11.8 Å². The molecule has 0 aliphatic heterocycles. The van der Waals surface area contributed by atoms with Crippen LogP contribution in [0.25, 0.3) is 0 Å². The van der Waals surface area contributed by atoms with Crippen LogP contribution in [-0.2, 0) is 11.2 Å². The molecule has 4 heteroatoms. The first kappa shape index (κ1) is 16.0. The van der Waals surface area contributed by atoms with Gasteiger partial charge in [-0.3, -0.25) is 4.79 Å². The smallest absolute Gasteiger partial charge is 0.237 e. The van der Waals surface area contributed by atoms with E-state index in [2.05, 4.69) is 12.2 Å². The summed E-state index contributed by atoms with van der Waals surface area (Å²) in [6.07, 6.45) is 4.30. The topological polar surface area (TPSA) is 55.1 Å². The van der Waals surface area contributed by atoms with Crippen molar-refractivity contribution in [2.24, 2.45) is 11.1 Å². The van der Waals surface area contributed by atoms with Gasteiger partial charge in [0.2, 0.25) is 5.91 Å². The highest BCUT2D eigenvalue weighted by molar-refractivity contribution is 5.85. The second-order valence-corrected chi connectivity index (χ2v) is 5.68. The predicted octanol–water partition coefficient (Wildman–Crippen LogP) is 2.28. The standard InChI is InChI=1S/C15H22N2O.ClH/c1-15(8-5-9-15)11-17-14(18)13(16)10-12-6-3-2-4-7-12;/h2-4,6-7,13H,5,8-11,16H2,1H3,(H,17,18);1H. The van der Waals surface area contributed by atoms with Crippen molar-refractivity contribution in [1.29, 1.82) is 0 Å². The average Bonchev–Trinajstić information content (AvgIpc) is 2.34. The first-order valence-corrected chi connectivity index (χ1v) is 6.66. The summed E-state index contributed by atoms with van der Waals surface area (Å²) in [6, 6.07) is 9.45. The van der Waals surface area contributed by atoms with Crippen molar-refractivity contribution < 1.29 is 4.79 Å². The molecule has 1 atom stereocenters. The number of rotatable bonds is 5. The van der Waals surface area contributed by atoms with E-state index in [-0.39, 0.29) is 18.3 Å². The number of nitrogens with two attached hydrogens (primary N) is 1. The molecule has 1 amide bonds. The number of hydrogen-bond acceptors (Lipinski definition) is 2. The Hall–Kier alpha value is -1.06. The molecule has 1 aromatic rings. The van der Waals surface area contributed by atoms with Crippen molar-refractivity contribution in [1.82, 2.24) is 5.32 Å². The Morgan fingerprint density at radius 2 is 2.00 bits per heavy atom. The summed E-state index contributed by atoms with van der Waals surface area (Å²) in [6.45, 7) is 2.98. The molecule has 0 aromatic heterocycles. The molecule has 19 heavy (non-hydrogen) atoms. The van der Waals surface area contributed by atoms with Crippen LogP contribution in [0.3, 0.4) is 0 Å². The number of nitrogens with one attached hydrogen (secondary N) is 1. The lowest BCUT2D eigenvalue weighted by atomic mass is 9.70. The monoisotopic (exact) mass is 282 g/mol. The number of hydrogen-bond donors (Lipinski definition) is 2. The second-order valence-electron chi connectivity index (χ2n) is 5.68. The van der Waals surface area contributed by atoms with Crippen LogP contribution in [0.2, 0.25) is 0 Å². The van der Waals surface area contributed by atoms with Gasteiger partial charge in [-0.2, -0.15) is 0 Å². The van der Waals surface area contributed by atoms with E-state index in [4.69, 9.17) is 5.73 Å². The molecule has 0 spiro atoms. The Balaban J connectivity index is 0.00000180. The molecule has 0 bridgehead atoms. The highest BCUT2D eigenvalue weighted by Crippen LogP contribution is 2.39. The SMILES string of the molecule is CC1(CNC(=O)C(N)Cc2ccccc2)CCC1.Cl. The van der Waals surface area contributed by atoms with Crippen LogP contribution < -0.4 is 11.1 Å². The number of carbonyl (C=O) groups excluding carboxylic acids is 1. The summed E-state index contributed by atoms with van der Waals surface area (Å²) in [7, 11) is 0. The normalized spacial score (nSPS) is 17.8. The third kappa shape index (κ3) is 4.51. The minimum absolute atomic E-state index is 0. The second kappa shape index (κ2) is 6.92. The molecule has 1 aromatic carbocycles. The molecule has 2 rings (SSSR count). The van der Waals surface area contributed by atoms with Crippen LogP contribution in [0, 0.1) is 5.41 Å². The fourth-order valence-electron chi connectivity index (χ4n) is 2.35. The van der Waals surface area contributed by atoms with Crippen molar-refractivity contribution in [2.75, 3.05) is 6.54 Å². The molecule has 3 nitrogen and oxygen atoms in total. The van der Waals surface area contributed by atoms with Crippen LogP contribution in [0.1, 0.15) is 31.7 Å². The van der Waals surface area contributed by atoms with E-state index in [0.717, 1.165) is 12.1 Å². The van der Waals surface area contributed by atoms with Crippen molar-refractivity contribution in [3.63, 3.8) is 0 Å². The molecule has 0 radical (unpaired) electrons. The third-order valence-electron chi connectivity index (χ3n) is 3.89. The van der Waals surface area contributed by atoms with Crippen LogP contribution in [0.15, 0.2) is 30.3 Å². The summed E-state index contributed by atoms with van der Waals surface area (Å²) in [5.74, 6) is -0.0352. The maximum Gasteiger partial charge on any atom is 0.237 e. The Kier molecular flexibility index (Phi) is 5.83. The lowest BCUT2D eigenvalue weighted by Gasteiger charge is -2.38. The molecule has 1 unspecified atom stereocenters. The number of carbonyl (C=O) groups is 1. The van der Waals surface area contributed by atoms with Crippen LogP contribution in [0.5, 0.6) is 0 Å². The van der Waals surface area contributed by atoms with E-state index in [1.54, 1.807) is 0 Å². The van der Waals surface area contributed by atoms with Crippen LogP contribution in [-0.4, -0.2) is 18.5 Å². The van der Waals surface area contributed by atoms with E-state index in [9.17, 15) is 4.79 Å². The Labute approximate surface area is 121 Å². The third-order valence-corrected chi connectivity index (χ3v) is 3.89. The molecule has 0 heterocycles. The highest BCUT2D eigenvalue weighted by atomic mass is 35.5.